The number of ether oxygens (including phenoxy) is 1. The Morgan fingerprint density at radius 1 is 1.19 bits per heavy atom. The molecule has 1 unspecified atom stereocenters. The zero-order chi connectivity index (χ0) is 15.4. The third kappa shape index (κ3) is 3.99. The Kier molecular flexibility index (Phi) is 6.08. The quantitative estimate of drug-likeness (QED) is 0.666. The molecule has 2 nitrogen and oxygen atoms in total. The second kappa shape index (κ2) is 7.61. The Morgan fingerprint density at radius 2 is 1.86 bits per heavy atom. The Hall–Kier alpha value is -0.590. The number of aryl methyl sites for hydroxylation is 2. The van der Waals surface area contributed by atoms with Crippen LogP contribution >= 0.6 is 33.9 Å². The molecule has 0 bridgehead atoms. The van der Waals surface area contributed by atoms with Crippen LogP contribution in [-0.2, 0) is 0 Å². The molecule has 1 atom stereocenters. The lowest BCUT2D eigenvalue weighted by molar-refractivity contribution is 0.408. The molecular formula is C17H22INOS. The first-order valence-corrected chi connectivity index (χ1v) is 9.15. The molecule has 0 amide bonds. The fraction of sp³-hybridized carbons (Fsp3) is 0.412. The van der Waals surface area contributed by atoms with Gasteiger partial charge in [-0.3, -0.25) is 0 Å². The standard InChI is InChI=1S/C17H22INOS/c1-5-6-19-16(14-9-15(18)21-10-14)13-7-11(2)17(20-4)12(3)8-13/h7-10,16,19H,5-6H2,1-4H3. The summed E-state index contributed by atoms with van der Waals surface area (Å²) in [5.41, 5.74) is 5.05. The number of hydrogen-bond donors (Lipinski definition) is 1. The largest absolute Gasteiger partial charge is 0.496 e. The topological polar surface area (TPSA) is 21.3 Å². The highest BCUT2D eigenvalue weighted by atomic mass is 127. The van der Waals surface area contributed by atoms with Gasteiger partial charge in [0.1, 0.15) is 5.75 Å². The lowest BCUT2D eigenvalue weighted by Gasteiger charge is -2.20. The molecule has 0 spiro atoms. The number of halogens is 1. The summed E-state index contributed by atoms with van der Waals surface area (Å²) in [5, 5.41) is 5.92. The molecular weight excluding hydrogens is 393 g/mol. The molecule has 0 aliphatic carbocycles. The first-order valence-electron chi connectivity index (χ1n) is 7.19. The van der Waals surface area contributed by atoms with E-state index < -0.39 is 0 Å². The molecule has 0 aliphatic heterocycles. The van der Waals surface area contributed by atoms with Crippen molar-refractivity contribution in [3.63, 3.8) is 0 Å². The van der Waals surface area contributed by atoms with E-state index in [1.165, 1.54) is 25.1 Å². The zero-order valence-electron chi connectivity index (χ0n) is 13.0. The van der Waals surface area contributed by atoms with Gasteiger partial charge in [-0.05, 0) is 83.1 Å². The summed E-state index contributed by atoms with van der Waals surface area (Å²) < 4.78 is 6.81. The summed E-state index contributed by atoms with van der Waals surface area (Å²) in [6.07, 6.45) is 1.13. The van der Waals surface area contributed by atoms with Gasteiger partial charge in [0.25, 0.3) is 0 Å². The van der Waals surface area contributed by atoms with E-state index in [4.69, 9.17) is 4.74 Å². The van der Waals surface area contributed by atoms with E-state index in [9.17, 15) is 0 Å². The van der Waals surface area contributed by atoms with Crippen molar-refractivity contribution in [1.82, 2.24) is 5.32 Å². The molecule has 1 N–H and O–H groups in total. The van der Waals surface area contributed by atoms with E-state index in [1.807, 2.05) is 0 Å². The van der Waals surface area contributed by atoms with Gasteiger partial charge in [0.2, 0.25) is 0 Å². The van der Waals surface area contributed by atoms with Crippen LogP contribution in [0.15, 0.2) is 23.6 Å². The second-order valence-electron chi connectivity index (χ2n) is 5.26. The third-order valence-corrected chi connectivity index (χ3v) is 5.35. The van der Waals surface area contributed by atoms with E-state index in [-0.39, 0.29) is 6.04 Å². The molecule has 0 aliphatic rings. The van der Waals surface area contributed by atoms with Gasteiger partial charge < -0.3 is 10.1 Å². The van der Waals surface area contributed by atoms with E-state index in [0.717, 1.165) is 18.7 Å². The highest BCUT2D eigenvalue weighted by molar-refractivity contribution is 14.1. The smallest absolute Gasteiger partial charge is 0.124 e. The SMILES string of the molecule is CCCNC(c1csc(I)c1)c1cc(C)c(OC)c(C)c1. The van der Waals surface area contributed by atoms with Crippen LogP contribution in [0, 0.1) is 16.7 Å². The molecule has 1 aromatic carbocycles. The van der Waals surface area contributed by atoms with Crippen molar-refractivity contribution in [3.8, 4) is 5.75 Å². The van der Waals surface area contributed by atoms with Crippen molar-refractivity contribution in [3.05, 3.63) is 48.7 Å². The lowest BCUT2D eigenvalue weighted by atomic mass is 9.96. The van der Waals surface area contributed by atoms with Crippen LogP contribution < -0.4 is 10.1 Å². The van der Waals surface area contributed by atoms with Crippen LogP contribution in [0.4, 0.5) is 0 Å². The average molecular weight is 415 g/mol. The van der Waals surface area contributed by atoms with E-state index in [2.05, 4.69) is 72.3 Å². The van der Waals surface area contributed by atoms with Crippen molar-refractivity contribution in [2.75, 3.05) is 13.7 Å². The number of rotatable bonds is 6. The number of benzene rings is 1. The Balaban J connectivity index is 2.41. The van der Waals surface area contributed by atoms with Crippen molar-refractivity contribution >= 4 is 33.9 Å². The fourth-order valence-electron chi connectivity index (χ4n) is 2.66. The monoisotopic (exact) mass is 415 g/mol. The van der Waals surface area contributed by atoms with Crippen LogP contribution in [0.25, 0.3) is 0 Å². The molecule has 0 fully saturated rings. The highest BCUT2D eigenvalue weighted by Crippen LogP contribution is 2.32. The van der Waals surface area contributed by atoms with E-state index >= 15 is 0 Å². The summed E-state index contributed by atoms with van der Waals surface area (Å²) in [7, 11) is 1.74. The maximum Gasteiger partial charge on any atom is 0.124 e. The van der Waals surface area contributed by atoms with Crippen molar-refractivity contribution < 1.29 is 4.74 Å². The summed E-state index contributed by atoms with van der Waals surface area (Å²) in [6.45, 7) is 7.44. The van der Waals surface area contributed by atoms with Crippen LogP contribution in [0.2, 0.25) is 0 Å². The van der Waals surface area contributed by atoms with Crippen molar-refractivity contribution in [1.29, 1.82) is 0 Å². The number of hydrogen-bond acceptors (Lipinski definition) is 3. The van der Waals surface area contributed by atoms with Gasteiger partial charge in [-0.1, -0.05) is 19.1 Å². The Labute approximate surface area is 145 Å². The molecule has 2 aromatic rings. The predicted octanol–water partition coefficient (Wildman–Crippen LogP) is 5.07. The average Bonchev–Trinajstić information content (AvgIpc) is 2.85. The third-order valence-electron chi connectivity index (χ3n) is 3.54. The van der Waals surface area contributed by atoms with Crippen LogP contribution in [0.5, 0.6) is 5.75 Å². The van der Waals surface area contributed by atoms with Crippen molar-refractivity contribution in [2.45, 2.75) is 33.2 Å². The first kappa shape index (κ1) is 16.8. The lowest BCUT2D eigenvalue weighted by Crippen LogP contribution is -2.23. The van der Waals surface area contributed by atoms with Gasteiger partial charge in [0, 0.05) is 0 Å². The normalized spacial score (nSPS) is 12.4. The fourth-order valence-corrected chi connectivity index (χ4v) is 4.06. The van der Waals surface area contributed by atoms with Gasteiger partial charge in [0.15, 0.2) is 0 Å². The summed E-state index contributed by atoms with van der Waals surface area (Å²) >= 11 is 4.19. The predicted molar refractivity (Wildman–Crippen MR) is 99.6 cm³/mol. The minimum absolute atomic E-state index is 0.257. The molecule has 1 aromatic heterocycles. The maximum absolute atomic E-state index is 5.48. The first-order chi connectivity index (χ1) is 10.1. The minimum Gasteiger partial charge on any atom is -0.496 e. The van der Waals surface area contributed by atoms with E-state index in [0.29, 0.717) is 0 Å². The van der Waals surface area contributed by atoms with Crippen LogP contribution in [0.3, 0.4) is 0 Å². The highest BCUT2D eigenvalue weighted by Gasteiger charge is 2.17. The van der Waals surface area contributed by atoms with E-state index in [1.54, 1.807) is 18.4 Å². The molecule has 0 radical (unpaired) electrons. The molecule has 114 valence electrons. The summed E-state index contributed by atoms with van der Waals surface area (Å²) in [4.78, 5) is 0. The second-order valence-corrected chi connectivity index (χ2v) is 8.06. The molecule has 4 heteroatoms. The number of nitrogens with one attached hydrogen (secondary N) is 1. The van der Waals surface area contributed by atoms with Gasteiger partial charge in [-0.15, -0.1) is 11.3 Å². The van der Waals surface area contributed by atoms with Crippen molar-refractivity contribution in [2.24, 2.45) is 0 Å². The molecule has 0 saturated heterocycles. The molecule has 1 heterocycles. The van der Waals surface area contributed by atoms with Gasteiger partial charge >= 0.3 is 0 Å². The minimum atomic E-state index is 0.257. The van der Waals surface area contributed by atoms with Gasteiger partial charge in [0.05, 0.1) is 16.0 Å². The number of thiophene rings is 1. The maximum atomic E-state index is 5.48. The van der Waals surface area contributed by atoms with Gasteiger partial charge in [-0.2, -0.15) is 0 Å². The van der Waals surface area contributed by atoms with Crippen LogP contribution in [0.1, 0.15) is 41.6 Å². The Bertz CT molecular complexity index is 586. The zero-order valence-corrected chi connectivity index (χ0v) is 16.0. The molecule has 2 rings (SSSR count). The summed E-state index contributed by atoms with van der Waals surface area (Å²) in [6, 6.07) is 7.01. The van der Waals surface area contributed by atoms with Crippen LogP contribution in [-0.4, -0.2) is 13.7 Å². The molecule has 21 heavy (non-hydrogen) atoms. The number of methoxy groups -OCH3 is 1. The molecule has 0 saturated carbocycles. The Morgan fingerprint density at radius 3 is 2.33 bits per heavy atom. The van der Waals surface area contributed by atoms with Gasteiger partial charge in [-0.25, -0.2) is 0 Å². The summed E-state index contributed by atoms with van der Waals surface area (Å²) in [5.74, 6) is 0.993.